The average Bonchev–Trinajstić information content (AvgIpc) is 2.44. The maximum absolute atomic E-state index is 12.0. The molecule has 0 saturated carbocycles. The molecule has 0 bridgehead atoms. The summed E-state index contributed by atoms with van der Waals surface area (Å²) in [5, 5.41) is 2.92. The second-order valence-electron chi connectivity index (χ2n) is 5.03. The van der Waals surface area contributed by atoms with Gasteiger partial charge < -0.3 is 15.8 Å². The van der Waals surface area contributed by atoms with Crippen molar-refractivity contribution in [1.29, 1.82) is 0 Å². The van der Waals surface area contributed by atoms with E-state index in [0.29, 0.717) is 19.1 Å². The highest BCUT2D eigenvalue weighted by Gasteiger charge is 2.22. The fourth-order valence-electron chi connectivity index (χ4n) is 1.91. The van der Waals surface area contributed by atoms with Gasteiger partial charge in [-0.1, -0.05) is 44.2 Å². The molecule has 0 saturated heterocycles. The number of nitrogens with one attached hydrogen (secondary N) is 1. The van der Waals surface area contributed by atoms with Gasteiger partial charge in [0.2, 0.25) is 5.91 Å². The third-order valence-electron chi connectivity index (χ3n) is 3.21. The van der Waals surface area contributed by atoms with Gasteiger partial charge in [0, 0.05) is 19.7 Å². The van der Waals surface area contributed by atoms with E-state index in [9.17, 15) is 4.79 Å². The summed E-state index contributed by atoms with van der Waals surface area (Å²) in [6.07, 6.45) is 0. The van der Waals surface area contributed by atoms with Crippen LogP contribution in [0, 0.1) is 11.8 Å². The summed E-state index contributed by atoms with van der Waals surface area (Å²) in [5.74, 6) is 0.0329. The second-order valence-corrected chi connectivity index (χ2v) is 5.03. The van der Waals surface area contributed by atoms with Crippen LogP contribution in [-0.4, -0.2) is 26.2 Å². The van der Waals surface area contributed by atoms with Crippen molar-refractivity contribution in [3.63, 3.8) is 0 Å². The standard InChI is InChI=1S/C15H24N2O2.ClH/c1-11(10-19-3)9-17-15(18)12(2)14(16)13-7-5-4-6-8-13;/h4-8,11-12,14H,9-10,16H2,1-3H3,(H,17,18);1H. The van der Waals surface area contributed by atoms with Gasteiger partial charge in [0.1, 0.15) is 0 Å². The molecule has 0 aliphatic rings. The Morgan fingerprint density at radius 2 is 1.90 bits per heavy atom. The van der Waals surface area contributed by atoms with Gasteiger partial charge >= 0.3 is 0 Å². The molecule has 3 unspecified atom stereocenters. The lowest BCUT2D eigenvalue weighted by atomic mass is 9.94. The molecule has 1 aromatic rings. The summed E-state index contributed by atoms with van der Waals surface area (Å²) in [6.45, 7) is 5.14. The molecule has 3 atom stereocenters. The molecule has 3 N–H and O–H groups in total. The quantitative estimate of drug-likeness (QED) is 0.811. The highest BCUT2D eigenvalue weighted by atomic mass is 35.5. The largest absolute Gasteiger partial charge is 0.384 e. The first-order valence-corrected chi connectivity index (χ1v) is 6.63. The van der Waals surface area contributed by atoms with Crippen LogP contribution < -0.4 is 11.1 Å². The van der Waals surface area contributed by atoms with E-state index in [4.69, 9.17) is 10.5 Å². The van der Waals surface area contributed by atoms with Crippen LogP contribution in [-0.2, 0) is 9.53 Å². The summed E-state index contributed by atoms with van der Waals surface area (Å²) >= 11 is 0. The maximum atomic E-state index is 12.0. The van der Waals surface area contributed by atoms with E-state index in [1.807, 2.05) is 44.2 Å². The van der Waals surface area contributed by atoms with E-state index in [2.05, 4.69) is 5.32 Å². The number of carbonyl (C=O) groups is 1. The van der Waals surface area contributed by atoms with Crippen LogP contribution in [0.3, 0.4) is 0 Å². The van der Waals surface area contributed by atoms with Crippen molar-refractivity contribution in [3.05, 3.63) is 35.9 Å². The Morgan fingerprint density at radius 1 is 1.30 bits per heavy atom. The highest BCUT2D eigenvalue weighted by Crippen LogP contribution is 2.18. The molecule has 114 valence electrons. The second kappa shape index (κ2) is 9.75. The molecule has 0 aliphatic carbocycles. The van der Waals surface area contributed by atoms with Gasteiger partial charge in [-0.05, 0) is 11.5 Å². The van der Waals surface area contributed by atoms with E-state index >= 15 is 0 Å². The molecule has 0 heterocycles. The van der Waals surface area contributed by atoms with Gasteiger partial charge in [0.25, 0.3) is 0 Å². The van der Waals surface area contributed by atoms with Gasteiger partial charge in [-0.15, -0.1) is 12.4 Å². The smallest absolute Gasteiger partial charge is 0.224 e. The molecular weight excluding hydrogens is 276 g/mol. The minimum absolute atomic E-state index is 0. The Morgan fingerprint density at radius 3 is 2.45 bits per heavy atom. The Hall–Kier alpha value is -1.10. The van der Waals surface area contributed by atoms with Crippen molar-refractivity contribution in [1.82, 2.24) is 5.32 Å². The lowest BCUT2D eigenvalue weighted by molar-refractivity contribution is -0.125. The highest BCUT2D eigenvalue weighted by molar-refractivity contribution is 5.85. The zero-order chi connectivity index (χ0) is 14.3. The lowest BCUT2D eigenvalue weighted by Crippen LogP contribution is -2.38. The first kappa shape index (κ1) is 18.9. The van der Waals surface area contributed by atoms with Crippen LogP contribution in [0.15, 0.2) is 30.3 Å². The number of rotatable bonds is 7. The fraction of sp³-hybridized carbons (Fsp3) is 0.533. The van der Waals surface area contributed by atoms with Crippen molar-refractivity contribution < 1.29 is 9.53 Å². The van der Waals surface area contributed by atoms with Crippen molar-refractivity contribution >= 4 is 18.3 Å². The summed E-state index contributed by atoms with van der Waals surface area (Å²) < 4.78 is 5.04. The average molecular weight is 301 g/mol. The number of benzene rings is 1. The molecular formula is C15H25ClN2O2. The summed E-state index contributed by atoms with van der Waals surface area (Å²) in [6, 6.07) is 9.41. The zero-order valence-electron chi connectivity index (χ0n) is 12.3. The topological polar surface area (TPSA) is 64.3 Å². The summed E-state index contributed by atoms with van der Waals surface area (Å²) in [5.41, 5.74) is 7.10. The number of hydrogen-bond donors (Lipinski definition) is 2. The third kappa shape index (κ3) is 5.90. The molecule has 0 spiro atoms. The molecule has 1 amide bonds. The van der Waals surface area contributed by atoms with E-state index in [-0.39, 0.29) is 30.3 Å². The summed E-state index contributed by atoms with van der Waals surface area (Å²) in [7, 11) is 1.66. The van der Waals surface area contributed by atoms with Gasteiger partial charge in [-0.25, -0.2) is 0 Å². The van der Waals surface area contributed by atoms with E-state index in [1.54, 1.807) is 7.11 Å². The van der Waals surface area contributed by atoms with Gasteiger partial charge in [-0.3, -0.25) is 4.79 Å². The fourth-order valence-corrected chi connectivity index (χ4v) is 1.91. The summed E-state index contributed by atoms with van der Waals surface area (Å²) in [4.78, 5) is 12.0. The van der Waals surface area contributed by atoms with E-state index < -0.39 is 0 Å². The number of carbonyl (C=O) groups excluding carboxylic acids is 1. The van der Waals surface area contributed by atoms with Crippen LogP contribution in [0.1, 0.15) is 25.5 Å². The van der Waals surface area contributed by atoms with Crippen LogP contribution in [0.25, 0.3) is 0 Å². The van der Waals surface area contributed by atoms with E-state index in [0.717, 1.165) is 5.56 Å². The predicted molar refractivity (Wildman–Crippen MR) is 83.8 cm³/mol. The minimum Gasteiger partial charge on any atom is -0.384 e. The minimum atomic E-state index is -0.279. The monoisotopic (exact) mass is 300 g/mol. The Labute approximate surface area is 127 Å². The van der Waals surface area contributed by atoms with Crippen molar-refractivity contribution in [3.8, 4) is 0 Å². The molecule has 5 heteroatoms. The van der Waals surface area contributed by atoms with E-state index in [1.165, 1.54) is 0 Å². The number of methoxy groups -OCH3 is 1. The molecule has 4 nitrogen and oxygen atoms in total. The molecule has 0 radical (unpaired) electrons. The van der Waals surface area contributed by atoms with Crippen molar-refractivity contribution in [2.45, 2.75) is 19.9 Å². The number of hydrogen-bond acceptors (Lipinski definition) is 3. The maximum Gasteiger partial charge on any atom is 0.224 e. The van der Waals surface area contributed by atoms with Gasteiger partial charge in [-0.2, -0.15) is 0 Å². The third-order valence-corrected chi connectivity index (χ3v) is 3.21. The Balaban J connectivity index is 0.00000361. The lowest BCUT2D eigenvalue weighted by Gasteiger charge is -2.21. The first-order chi connectivity index (χ1) is 9.06. The number of nitrogens with two attached hydrogens (primary N) is 1. The van der Waals surface area contributed by atoms with Crippen molar-refractivity contribution in [2.24, 2.45) is 17.6 Å². The van der Waals surface area contributed by atoms with Gasteiger partial charge in [0.05, 0.1) is 12.5 Å². The normalized spacial score (nSPS) is 14.8. The number of halogens is 1. The number of amides is 1. The first-order valence-electron chi connectivity index (χ1n) is 6.63. The SMILES string of the molecule is COCC(C)CNC(=O)C(C)C(N)c1ccccc1.Cl. The van der Waals surface area contributed by atoms with Crippen LogP contribution in [0.5, 0.6) is 0 Å². The van der Waals surface area contributed by atoms with Crippen LogP contribution in [0.4, 0.5) is 0 Å². The Kier molecular flexibility index (Phi) is 9.21. The number of ether oxygens (including phenoxy) is 1. The Bertz CT molecular complexity index is 387. The molecule has 0 aliphatic heterocycles. The molecule has 0 fully saturated rings. The zero-order valence-corrected chi connectivity index (χ0v) is 13.2. The molecule has 20 heavy (non-hydrogen) atoms. The predicted octanol–water partition coefficient (Wildman–Crippen LogP) is 2.14. The molecule has 1 aromatic carbocycles. The van der Waals surface area contributed by atoms with Gasteiger partial charge in [0.15, 0.2) is 0 Å². The molecule has 0 aromatic heterocycles. The molecule has 1 rings (SSSR count). The van der Waals surface area contributed by atoms with Crippen molar-refractivity contribution in [2.75, 3.05) is 20.3 Å². The van der Waals surface area contributed by atoms with Crippen LogP contribution >= 0.6 is 12.4 Å². The van der Waals surface area contributed by atoms with Crippen LogP contribution in [0.2, 0.25) is 0 Å².